The molecule has 0 amide bonds. The van der Waals surface area contributed by atoms with E-state index in [-0.39, 0.29) is 16.1 Å². The number of sulfone groups is 1. The summed E-state index contributed by atoms with van der Waals surface area (Å²) in [7, 11) is -3.56. The van der Waals surface area contributed by atoms with Crippen LogP contribution in [0.4, 0.5) is 21.9 Å². The van der Waals surface area contributed by atoms with Gasteiger partial charge in [-0.15, -0.1) is 0 Å². The lowest BCUT2D eigenvalue weighted by molar-refractivity contribution is 0.593. The average molecular weight is 600 g/mol. The van der Waals surface area contributed by atoms with E-state index in [4.69, 9.17) is 33.7 Å². The largest absolute Gasteiger partial charge is 0.316 e. The molecule has 0 saturated heterocycles. The molecule has 184 valence electrons. The maximum Gasteiger partial charge on any atom is 0.250 e. The molecule has 0 aliphatic rings. The first kappa shape index (κ1) is 27.5. The first-order valence-corrected chi connectivity index (χ1v) is 14.7. The Morgan fingerprint density at radius 1 is 0.889 bits per heavy atom. The summed E-state index contributed by atoms with van der Waals surface area (Å²) >= 11 is 15.3. The SMILES string of the molecule is CS(=O)(=O)c1nc(Cl)cc(Nc2ncc(C#N)s2)n1.CSc1nc(Cl)cc(Nc2ncc(C#N)s2)n1. The molecule has 18 heteroatoms. The molecule has 12 nitrogen and oxygen atoms in total. The van der Waals surface area contributed by atoms with Crippen molar-refractivity contribution in [2.75, 3.05) is 23.1 Å². The van der Waals surface area contributed by atoms with Crippen LogP contribution in [0.25, 0.3) is 0 Å². The molecule has 4 aromatic heterocycles. The van der Waals surface area contributed by atoms with E-state index in [1.165, 1.54) is 41.6 Å². The first-order valence-electron chi connectivity index (χ1n) is 9.18. The average Bonchev–Trinajstić information content (AvgIpc) is 3.47. The zero-order chi connectivity index (χ0) is 26.3. The van der Waals surface area contributed by atoms with Crippen LogP contribution in [0, 0.1) is 22.7 Å². The summed E-state index contributed by atoms with van der Waals surface area (Å²) in [5.41, 5.74) is 0. The topological polar surface area (TPSA) is 183 Å². The molecule has 0 fully saturated rings. The Labute approximate surface area is 227 Å². The van der Waals surface area contributed by atoms with Crippen LogP contribution in [-0.4, -0.2) is 50.8 Å². The number of nitrogens with one attached hydrogen (secondary N) is 2. The summed E-state index contributed by atoms with van der Waals surface area (Å²) in [4.78, 5) is 24.6. The maximum absolute atomic E-state index is 11.4. The number of hydrogen-bond acceptors (Lipinski definition) is 15. The van der Waals surface area contributed by atoms with E-state index in [2.05, 4.69) is 40.5 Å². The van der Waals surface area contributed by atoms with Crippen molar-refractivity contribution in [3.05, 3.63) is 44.6 Å². The molecule has 0 unspecified atom stereocenters. The summed E-state index contributed by atoms with van der Waals surface area (Å²) in [6.07, 6.45) is 5.75. The van der Waals surface area contributed by atoms with Gasteiger partial charge in [-0.3, -0.25) is 0 Å². The van der Waals surface area contributed by atoms with Gasteiger partial charge in [-0.25, -0.2) is 38.3 Å². The highest BCUT2D eigenvalue weighted by atomic mass is 35.5. The minimum atomic E-state index is -3.56. The predicted molar refractivity (Wildman–Crippen MR) is 139 cm³/mol. The minimum Gasteiger partial charge on any atom is -0.316 e. The van der Waals surface area contributed by atoms with Gasteiger partial charge in [0, 0.05) is 18.4 Å². The fraction of sp³-hybridized carbons (Fsp3) is 0.111. The lowest BCUT2D eigenvalue weighted by Crippen LogP contribution is -2.06. The molecule has 0 saturated carbocycles. The van der Waals surface area contributed by atoms with Gasteiger partial charge in [0.15, 0.2) is 15.4 Å². The summed E-state index contributed by atoms with van der Waals surface area (Å²) in [5.74, 6) is 0.757. The van der Waals surface area contributed by atoms with Crippen LogP contribution in [-0.2, 0) is 9.84 Å². The quantitative estimate of drug-likeness (QED) is 0.179. The molecule has 0 aliphatic heterocycles. The molecule has 4 rings (SSSR count). The van der Waals surface area contributed by atoms with E-state index >= 15 is 0 Å². The van der Waals surface area contributed by atoms with Gasteiger partial charge in [-0.1, -0.05) is 57.6 Å². The van der Waals surface area contributed by atoms with Crippen molar-refractivity contribution < 1.29 is 8.42 Å². The Morgan fingerprint density at radius 3 is 1.83 bits per heavy atom. The highest BCUT2D eigenvalue weighted by Gasteiger charge is 2.14. The van der Waals surface area contributed by atoms with Gasteiger partial charge in [-0.2, -0.15) is 10.5 Å². The molecular weight excluding hydrogens is 587 g/mol. The van der Waals surface area contributed by atoms with Crippen LogP contribution in [0.1, 0.15) is 9.75 Å². The number of aromatic nitrogens is 6. The number of anilines is 4. The van der Waals surface area contributed by atoms with Crippen molar-refractivity contribution in [3.8, 4) is 12.1 Å². The van der Waals surface area contributed by atoms with Crippen molar-refractivity contribution in [2.24, 2.45) is 0 Å². The van der Waals surface area contributed by atoms with E-state index in [9.17, 15) is 8.42 Å². The fourth-order valence-electron chi connectivity index (χ4n) is 2.17. The summed E-state index contributed by atoms with van der Waals surface area (Å²) < 4.78 is 22.7. The Morgan fingerprint density at radius 2 is 1.39 bits per heavy atom. The Kier molecular flexibility index (Phi) is 9.32. The van der Waals surface area contributed by atoms with E-state index < -0.39 is 9.84 Å². The second-order valence-electron chi connectivity index (χ2n) is 6.23. The van der Waals surface area contributed by atoms with E-state index in [1.807, 2.05) is 18.4 Å². The number of hydrogen-bond donors (Lipinski definition) is 2. The number of nitrogens with zero attached hydrogens (tertiary/aromatic N) is 8. The lowest BCUT2D eigenvalue weighted by atomic mass is 10.6. The third-order valence-electron chi connectivity index (χ3n) is 3.56. The summed E-state index contributed by atoms with van der Waals surface area (Å²) in [6, 6.07) is 6.93. The molecule has 4 aromatic rings. The van der Waals surface area contributed by atoms with Gasteiger partial charge >= 0.3 is 0 Å². The van der Waals surface area contributed by atoms with Gasteiger partial charge in [0.05, 0.1) is 12.4 Å². The maximum atomic E-state index is 11.4. The molecule has 4 heterocycles. The Bertz CT molecular complexity index is 1580. The second kappa shape index (κ2) is 12.2. The molecule has 0 aromatic carbocycles. The van der Waals surface area contributed by atoms with Crippen molar-refractivity contribution in [1.82, 2.24) is 29.9 Å². The fourth-order valence-corrected chi connectivity index (χ4v) is 4.78. The van der Waals surface area contributed by atoms with Gasteiger partial charge in [0.2, 0.25) is 15.0 Å². The molecule has 0 radical (unpaired) electrons. The molecule has 0 aliphatic carbocycles. The van der Waals surface area contributed by atoms with Gasteiger partial charge in [0.25, 0.3) is 0 Å². The predicted octanol–water partition coefficient (Wildman–Crippen LogP) is 4.53. The highest BCUT2D eigenvalue weighted by molar-refractivity contribution is 7.98. The van der Waals surface area contributed by atoms with E-state index in [1.54, 1.807) is 6.07 Å². The van der Waals surface area contributed by atoms with E-state index in [0.717, 1.165) is 17.6 Å². The Hall–Kier alpha value is -3.12. The van der Waals surface area contributed by atoms with Crippen LogP contribution in [0.3, 0.4) is 0 Å². The second-order valence-corrected chi connectivity index (χ2v) is 11.7. The van der Waals surface area contributed by atoms with Crippen molar-refractivity contribution in [2.45, 2.75) is 10.3 Å². The molecule has 0 spiro atoms. The molecule has 2 N–H and O–H groups in total. The number of nitriles is 2. The number of thioether (sulfide) groups is 1. The summed E-state index contributed by atoms with van der Waals surface area (Å²) in [6.45, 7) is 0. The minimum absolute atomic E-state index is 0.00464. The van der Waals surface area contributed by atoms with Crippen LogP contribution in [0.2, 0.25) is 10.3 Å². The van der Waals surface area contributed by atoms with Crippen LogP contribution >= 0.6 is 57.6 Å². The molecular formula is C18H12Cl2N10O2S4. The van der Waals surface area contributed by atoms with Crippen molar-refractivity contribution in [1.29, 1.82) is 10.5 Å². The molecule has 36 heavy (non-hydrogen) atoms. The summed E-state index contributed by atoms with van der Waals surface area (Å²) in [5, 5.41) is 24.7. The number of halogens is 2. The highest BCUT2D eigenvalue weighted by Crippen LogP contribution is 2.24. The first-order chi connectivity index (χ1) is 17.1. The van der Waals surface area contributed by atoms with Crippen LogP contribution in [0.15, 0.2) is 34.8 Å². The normalized spacial score (nSPS) is 10.5. The Balaban J connectivity index is 0.000000202. The van der Waals surface area contributed by atoms with Crippen LogP contribution in [0.5, 0.6) is 0 Å². The zero-order valence-corrected chi connectivity index (χ0v) is 22.9. The monoisotopic (exact) mass is 598 g/mol. The number of rotatable bonds is 6. The smallest absolute Gasteiger partial charge is 0.250 e. The zero-order valence-electron chi connectivity index (χ0n) is 18.1. The number of thiazole rings is 2. The third kappa shape index (κ3) is 7.95. The standard InChI is InChI=1S/C9H6ClN5O2S2.C9H6ClN5S2/c1-19(16,17)9-13-6(10)2-7(15-9)14-8-12-4-5(3-11)18-8;1-16-9-13-6(10)2-7(15-9)14-8-12-4-5(3-11)17-8/h2,4H,1H3,(H,12,13,14,15);2,4H,1H3,(H,12,13,14,15). The van der Waals surface area contributed by atoms with Gasteiger partial charge in [-0.05, 0) is 6.26 Å². The van der Waals surface area contributed by atoms with Gasteiger partial charge in [0.1, 0.15) is 43.8 Å². The molecule has 0 atom stereocenters. The third-order valence-corrected chi connectivity index (χ3v) is 6.98. The van der Waals surface area contributed by atoms with Gasteiger partial charge < -0.3 is 10.6 Å². The lowest BCUT2D eigenvalue weighted by Gasteiger charge is -2.04. The van der Waals surface area contributed by atoms with Crippen LogP contribution < -0.4 is 10.6 Å². The molecule has 0 bridgehead atoms. The van der Waals surface area contributed by atoms with E-state index in [0.29, 0.717) is 36.1 Å². The van der Waals surface area contributed by atoms with Crippen molar-refractivity contribution in [3.63, 3.8) is 0 Å². The van der Waals surface area contributed by atoms with Crippen molar-refractivity contribution >= 4 is 89.4 Å².